The number of hydrogen-bond donors (Lipinski definition) is 1. The van der Waals surface area contributed by atoms with Crippen molar-refractivity contribution in [3.8, 4) is 0 Å². The third kappa shape index (κ3) is 4.71. The van der Waals surface area contributed by atoms with E-state index in [0.717, 1.165) is 24.5 Å². The van der Waals surface area contributed by atoms with Gasteiger partial charge >= 0.3 is 0 Å². The first-order chi connectivity index (χ1) is 9.70. The summed E-state index contributed by atoms with van der Waals surface area (Å²) < 4.78 is 0. The molecule has 3 atom stereocenters. The van der Waals surface area contributed by atoms with Crippen molar-refractivity contribution in [3.63, 3.8) is 0 Å². The number of piperidine rings is 1. The molecule has 1 aliphatic heterocycles. The lowest BCUT2D eigenvalue weighted by molar-refractivity contribution is 0.108. The summed E-state index contributed by atoms with van der Waals surface area (Å²) >= 11 is 0. The minimum Gasteiger partial charge on any atom is -0.314 e. The van der Waals surface area contributed by atoms with Crippen LogP contribution in [0.1, 0.15) is 51.9 Å². The second kappa shape index (κ2) is 8.35. The second-order valence-corrected chi connectivity index (χ2v) is 7.08. The van der Waals surface area contributed by atoms with Crippen molar-refractivity contribution in [1.29, 1.82) is 0 Å². The standard InChI is InChI=1S/C17H35N3/c1-4-18-17-11-7-5-6-9-15(17)13-20-12-8-10-16(14-20)19(2)3/h15-18H,4-14H2,1-3H3. The molecule has 1 N–H and O–H groups in total. The van der Waals surface area contributed by atoms with Gasteiger partial charge in [0.15, 0.2) is 0 Å². The minimum atomic E-state index is 0.766. The van der Waals surface area contributed by atoms with Crippen molar-refractivity contribution in [2.75, 3.05) is 40.3 Å². The van der Waals surface area contributed by atoms with E-state index in [1.54, 1.807) is 0 Å². The Balaban J connectivity index is 1.88. The summed E-state index contributed by atoms with van der Waals surface area (Å²) in [6.07, 6.45) is 9.89. The molecular weight excluding hydrogens is 246 g/mol. The second-order valence-electron chi connectivity index (χ2n) is 7.08. The van der Waals surface area contributed by atoms with E-state index in [4.69, 9.17) is 0 Å². The van der Waals surface area contributed by atoms with Crippen LogP contribution in [0.5, 0.6) is 0 Å². The van der Waals surface area contributed by atoms with Gasteiger partial charge in [0.25, 0.3) is 0 Å². The summed E-state index contributed by atoms with van der Waals surface area (Å²) in [5.41, 5.74) is 0. The predicted octanol–water partition coefficient (Wildman–Crippen LogP) is 2.57. The predicted molar refractivity (Wildman–Crippen MR) is 87.2 cm³/mol. The first-order valence-corrected chi connectivity index (χ1v) is 8.83. The van der Waals surface area contributed by atoms with Gasteiger partial charge in [0.1, 0.15) is 0 Å². The Hall–Kier alpha value is -0.120. The third-order valence-corrected chi connectivity index (χ3v) is 5.33. The molecule has 1 saturated carbocycles. The van der Waals surface area contributed by atoms with Crippen LogP contribution in [0.15, 0.2) is 0 Å². The fourth-order valence-electron chi connectivity index (χ4n) is 4.08. The van der Waals surface area contributed by atoms with Gasteiger partial charge in [-0.05, 0) is 58.8 Å². The Morgan fingerprint density at radius 3 is 2.60 bits per heavy atom. The van der Waals surface area contributed by atoms with E-state index in [-0.39, 0.29) is 0 Å². The molecule has 0 aromatic heterocycles. The molecule has 1 saturated heterocycles. The van der Waals surface area contributed by atoms with Crippen LogP contribution in [-0.4, -0.2) is 62.2 Å². The summed E-state index contributed by atoms with van der Waals surface area (Å²) in [7, 11) is 4.47. The van der Waals surface area contributed by atoms with Gasteiger partial charge in [-0.3, -0.25) is 0 Å². The Morgan fingerprint density at radius 2 is 1.85 bits per heavy atom. The molecular formula is C17H35N3. The summed E-state index contributed by atoms with van der Waals surface area (Å²) in [6.45, 7) is 7.30. The van der Waals surface area contributed by atoms with Crippen LogP contribution in [0.25, 0.3) is 0 Å². The first-order valence-electron chi connectivity index (χ1n) is 8.83. The average Bonchev–Trinajstić information content (AvgIpc) is 2.65. The highest BCUT2D eigenvalue weighted by molar-refractivity contribution is 4.85. The molecule has 0 bridgehead atoms. The van der Waals surface area contributed by atoms with Crippen LogP contribution >= 0.6 is 0 Å². The summed E-state index contributed by atoms with van der Waals surface area (Å²) in [5, 5.41) is 3.76. The van der Waals surface area contributed by atoms with Crippen molar-refractivity contribution in [3.05, 3.63) is 0 Å². The van der Waals surface area contributed by atoms with Crippen LogP contribution in [0.3, 0.4) is 0 Å². The number of nitrogens with one attached hydrogen (secondary N) is 1. The molecule has 3 nitrogen and oxygen atoms in total. The van der Waals surface area contributed by atoms with Gasteiger partial charge in [-0.2, -0.15) is 0 Å². The number of rotatable bonds is 5. The van der Waals surface area contributed by atoms with E-state index in [9.17, 15) is 0 Å². The topological polar surface area (TPSA) is 18.5 Å². The quantitative estimate of drug-likeness (QED) is 0.781. The van der Waals surface area contributed by atoms with Gasteiger partial charge in [-0.1, -0.05) is 26.2 Å². The molecule has 2 aliphatic rings. The van der Waals surface area contributed by atoms with Crippen molar-refractivity contribution in [1.82, 2.24) is 15.1 Å². The van der Waals surface area contributed by atoms with Crippen LogP contribution in [-0.2, 0) is 0 Å². The molecule has 2 fully saturated rings. The molecule has 118 valence electrons. The zero-order chi connectivity index (χ0) is 14.4. The fraction of sp³-hybridized carbons (Fsp3) is 1.00. The van der Waals surface area contributed by atoms with Gasteiger partial charge in [0.05, 0.1) is 0 Å². The number of likely N-dealkylation sites (tertiary alicyclic amines) is 1. The maximum atomic E-state index is 3.76. The largest absolute Gasteiger partial charge is 0.314 e. The van der Waals surface area contributed by atoms with Crippen LogP contribution in [0, 0.1) is 5.92 Å². The van der Waals surface area contributed by atoms with Gasteiger partial charge in [0, 0.05) is 25.2 Å². The summed E-state index contributed by atoms with van der Waals surface area (Å²) in [6, 6.07) is 1.54. The maximum Gasteiger partial charge on any atom is 0.0217 e. The molecule has 20 heavy (non-hydrogen) atoms. The summed E-state index contributed by atoms with van der Waals surface area (Å²) in [4.78, 5) is 5.16. The Kier molecular flexibility index (Phi) is 6.79. The molecule has 0 radical (unpaired) electrons. The molecule has 3 unspecified atom stereocenters. The number of nitrogens with zero attached hydrogens (tertiary/aromatic N) is 2. The molecule has 0 aromatic rings. The van der Waals surface area contributed by atoms with Crippen molar-refractivity contribution < 1.29 is 0 Å². The summed E-state index contributed by atoms with van der Waals surface area (Å²) in [5.74, 6) is 0.873. The highest BCUT2D eigenvalue weighted by Crippen LogP contribution is 2.26. The van der Waals surface area contributed by atoms with Gasteiger partial charge in [0.2, 0.25) is 0 Å². The van der Waals surface area contributed by atoms with E-state index in [1.807, 2.05) is 0 Å². The lowest BCUT2D eigenvalue weighted by atomic mass is 9.92. The highest BCUT2D eigenvalue weighted by Gasteiger charge is 2.28. The van der Waals surface area contributed by atoms with Crippen molar-refractivity contribution >= 4 is 0 Å². The van der Waals surface area contributed by atoms with Crippen molar-refractivity contribution in [2.24, 2.45) is 5.92 Å². The zero-order valence-electron chi connectivity index (χ0n) is 13.9. The molecule has 0 amide bonds. The van der Waals surface area contributed by atoms with Gasteiger partial charge in [-0.25, -0.2) is 0 Å². The molecule has 2 rings (SSSR count). The van der Waals surface area contributed by atoms with E-state index in [1.165, 1.54) is 64.6 Å². The van der Waals surface area contributed by atoms with E-state index in [0.29, 0.717) is 0 Å². The van der Waals surface area contributed by atoms with Crippen LogP contribution < -0.4 is 5.32 Å². The zero-order valence-corrected chi connectivity index (χ0v) is 13.9. The maximum absolute atomic E-state index is 3.76. The van der Waals surface area contributed by atoms with Crippen LogP contribution in [0.2, 0.25) is 0 Å². The fourth-order valence-corrected chi connectivity index (χ4v) is 4.08. The first kappa shape index (κ1) is 16.3. The van der Waals surface area contributed by atoms with Crippen molar-refractivity contribution in [2.45, 2.75) is 64.0 Å². The lowest BCUT2D eigenvalue weighted by Gasteiger charge is -2.39. The molecule has 0 aromatic carbocycles. The normalized spacial score (nSPS) is 33.3. The van der Waals surface area contributed by atoms with E-state index < -0.39 is 0 Å². The monoisotopic (exact) mass is 281 g/mol. The lowest BCUT2D eigenvalue weighted by Crippen LogP contribution is -2.49. The van der Waals surface area contributed by atoms with Gasteiger partial charge < -0.3 is 15.1 Å². The Bertz CT molecular complexity index is 267. The molecule has 3 heteroatoms. The third-order valence-electron chi connectivity index (χ3n) is 5.33. The molecule has 1 heterocycles. The smallest absolute Gasteiger partial charge is 0.0217 e. The SMILES string of the molecule is CCNC1CCCCCC1CN1CCCC(N(C)C)C1. The minimum absolute atomic E-state index is 0.766. The van der Waals surface area contributed by atoms with Gasteiger partial charge in [-0.15, -0.1) is 0 Å². The highest BCUT2D eigenvalue weighted by atomic mass is 15.2. The average molecular weight is 281 g/mol. The number of likely N-dealkylation sites (N-methyl/N-ethyl adjacent to an activating group) is 1. The van der Waals surface area contributed by atoms with E-state index >= 15 is 0 Å². The van der Waals surface area contributed by atoms with Crippen LogP contribution in [0.4, 0.5) is 0 Å². The molecule has 1 aliphatic carbocycles. The Labute approximate surface area is 126 Å². The number of hydrogen-bond acceptors (Lipinski definition) is 3. The molecule has 0 spiro atoms. The van der Waals surface area contributed by atoms with E-state index in [2.05, 4.69) is 36.1 Å². The Morgan fingerprint density at radius 1 is 1.05 bits per heavy atom.